The zero-order valence-electron chi connectivity index (χ0n) is 39.3. The molecule has 4 rings (SSSR count). The van der Waals surface area contributed by atoms with Gasteiger partial charge in [0.15, 0.2) is 0 Å². The molecule has 0 unspecified atom stereocenters. The van der Waals surface area contributed by atoms with Gasteiger partial charge >= 0.3 is 0 Å². The maximum absolute atomic E-state index is 14.7. The summed E-state index contributed by atoms with van der Waals surface area (Å²) >= 11 is 0. The van der Waals surface area contributed by atoms with Crippen LogP contribution < -0.4 is 31.9 Å². The van der Waals surface area contributed by atoms with E-state index < -0.39 is 117 Å². The van der Waals surface area contributed by atoms with Gasteiger partial charge in [-0.25, -0.2) is 0 Å². The summed E-state index contributed by atoms with van der Waals surface area (Å²) in [7, 11) is -2.69. The number of amides is 7. The Balaban J connectivity index is 1.84. The Morgan fingerprint density at radius 2 is 0.969 bits per heavy atom. The van der Waals surface area contributed by atoms with E-state index in [0.717, 1.165) is 0 Å². The predicted molar refractivity (Wildman–Crippen MR) is 247 cm³/mol. The Labute approximate surface area is 384 Å². The minimum absolute atomic E-state index is 0.00255. The van der Waals surface area contributed by atoms with Crippen molar-refractivity contribution in [3.63, 3.8) is 0 Å². The van der Waals surface area contributed by atoms with Crippen molar-refractivity contribution in [1.82, 2.24) is 36.8 Å². The monoisotopic (exact) mass is 922 g/mol. The van der Waals surface area contributed by atoms with Gasteiger partial charge in [0.05, 0.1) is 19.3 Å². The molecule has 0 saturated carbocycles. The normalized spacial score (nSPS) is 25.3. The molecule has 0 aromatic heterocycles. The third kappa shape index (κ3) is 13.2. The van der Waals surface area contributed by atoms with Crippen LogP contribution in [0.4, 0.5) is 0 Å². The lowest BCUT2D eigenvalue weighted by molar-refractivity contribution is -0.143. The number of benzene rings is 2. The molecule has 2 aliphatic rings. The molecule has 0 radical (unpaired) electrons. The lowest BCUT2D eigenvalue weighted by atomic mass is 10.0. The van der Waals surface area contributed by atoms with Gasteiger partial charge in [-0.05, 0) is 53.4 Å². The van der Waals surface area contributed by atoms with Crippen LogP contribution in [0.5, 0.6) is 0 Å². The quantitative estimate of drug-likeness (QED) is 0.135. The van der Waals surface area contributed by atoms with Gasteiger partial charge in [-0.2, -0.15) is 0 Å². The lowest BCUT2D eigenvalue weighted by Crippen LogP contribution is -2.64. The van der Waals surface area contributed by atoms with Crippen molar-refractivity contribution < 1.29 is 48.2 Å². The van der Waals surface area contributed by atoms with Crippen molar-refractivity contribution in [3.8, 4) is 0 Å². The Hall–Kier alpha value is -5.17. The SMILES string of the molecule is CC(C)[C@H]1NC(=O)[C@H]([C@H](C)O[Si](C(C)C)(C(C)C)C(C)C)NC(=O)[C@@H]2CCCN2C(=O)[C@H](Cc2ccccc2)NC(=O)[C@H](CO)NC(=O)[C@@H](Cc2ccccc2)NC(=O)[C@H](CO)NC1=O. The molecule has 0 aliphatic carbocycles. The van der Waals surface area contributed by atoms with Gasteiger partial charge < -0.3 is 51.4 Å². The summed E-state index contributed by atoms with van der Waals surface area (Å²) in [4.78, 5) is 101. The summed E-state index contributed by atoms with van der Waals surface area (Å²) in [5.74, 6) is -6.07. The maximum Gasteiger partial charge on any atom is 0.246 e. The van der Waals surface area contributed by atoms with Crippen LogP contribution in [-0.2, 0) is 50.8 Å². The second-order valence-electron chi connectivity index (χ2n) is 18.5. The lowest BCUT2D eigenvalue weighted by Gasteiger charge is -2.45. The number of aliphatic hydroxyl groups excluding tert-OH is 2. The van der Waals surface area contributed by atoms with Crippen molar-refractivity contribution in [2.24, 2.45) is 5.92 Å². The van der Waals surface area contributed by atoms with Crippen LogP contribution in [0.25, 0.3) is 0 Å². The highest BCUT2D eigenvalue weighted by molar-refractivity contribution is 6.77. The molecule has 2 aromatic carbocycles. The molecule has 2 fully saturated rings. The highest BCUT2D eigenvalue weighted by atomic mass is 28.4. The third-order valence-corrected chi connectivity index (χ3v) is 18.9. The van der Waals surface area contributed by atoms with Crippen LogP contribution in [0.2, 0.25) is 16.6 Å². The van der Waals surface area contributed by atoms with Crippen LogP contribution in [0.1, 0.15) is 86.3 Å². The molecule has 2 aromatic rings. The van der Waals surface area contributed by atoms with Crippen molar-refractivity contribution in [1.29, 1.82) is 0 Å². The largest absolute Gasteiger partial charge is 0.411 e. The first kappa shape index (κ1) is 52.5. The third-order valence-electron chi connectivity index (χ3n) is 12.7. The Kier molecular flexibility index (Phi) is 19.2. The highest BCUT2D eigenvalue weighted by Gasteiger charge is 2.49. The van der Waals surface area contributed by atoms with Gasteiger partial charge in [-0.15, -0.1) is 0 Å². The first-order valence-corrected chi connectivity index (χ1v) is 25.0. The van der Waals surface area contributed by atoms with E-state index in [1.807, 2.05) is 0 Å². The number of fused-ring (bicyclic) bond motifs is 1. The second kappa shape index (κ2) is 23.8. The minimum atomic E-state index is -2.69. The number of hydrogen-bond donors (Lipinski definition) is 8. The minimum Gasteiger partial charge on any atom is -0.411 e. The van der Waals surface area contributed by atoms with E-state index in [0.29, 0.717) is 17.5 Å². The number of nitrogens with zero attached hydrogens (tertiary/aromatic N) is 1. The number of carbonyl (C=O) groups excluding carboxylic acids is 7. The molecule has 8 N–H and O–H groups in total. The smallest absolute Gasteiger partial charge is 0.246 e. The molecule has 17 nitrogen and oxygen atoms in total. The molecule has 358 valence electrons. The molecule has 7 amide bonds. The zero-order valence-corrected chi connectivity index (χ0v) is 40.3. The fourth-order valence-electron chi connectivity index (χ4n) is 9.30. The number of nitrogens with one attached hydrogen (secondary N) is 6. The van der Waals surface area contributed by atoms with E-state index in [2.05, 4.69) is 73.4 Å². The van der Waals surface area contributed by atoms with Crippen LogP contribution in [0, 0.1) is 5.92 Å². The Morgan fingerprint density at radius 3 is 1.45 bits per heavy atom. The van der Waals surface area contributed by atoms with Crippen LogP contribution in [-0.4, -0.2) is 133 Å². The number of rotatable bonds is 13. The summed E-state index contributed by atoms with van der Waals surface area (Å²) < 4.78 is 7.03. The van der Waals surface area contributed by atoms with Crippen molar-refractivity contribution in [2.75, 3.05) is 19.8 Å². The molecule has 2 aliphatic heterocycles. The molecule has 18 heteroatoms. The first-order chi connectivity index (χ1) is 30.7. The van der Waals surface area contributed by atoms with E-state index in [4.69, 9.17) is 4.43 Å². The maximum atomic E-state index is 14.7. The number of aliphatic hydroxyl groups is 2. The Morgan fingerprint density at radius 1 is 0.554 bits per heavy atom. The van der Waals surface area contributed by atoms with E-state index in [9.17, 15) is 43.8 Å². The molecule has 2 heterocycles. The van der Waals surface area contributed by atoms with Crippen LogP contribution >= 0.6 is 0 Å². The summed E-state index contributed by atoms with van der Waals surface area (Å²) in [5, 5.41) is 36.9. The molecule has 8 atom stereocenters. The van der Waals surface area contributed by atoms with E-state index >= 15 is 0 Å². The number of hydrogen-bond acceptors (Lipinski definition) is 10. The van der Waals surface area contributed by atoms with E-state index in [1.165, 1.54) is 4.90 Å². The summed E-state index contributed by atoms with van der Waals surface area (Å²) in [6, 6.07) is 8.06. The summed E-state index contributed by atoms with van der Waals surface area (Å²) in [6.45, 7) is 16.0. The Bertz CT molecular complexity index is 1930. The molecule has 0 spiro atoms. The van der Waals surface area contributed by atoms with E-state index in [-0.39, 0.29) is 42.4 Å². The van der Waals surface area contributed by atoms with Crippen LogP contribution in [0.15, 0.2) is 60.7 Å². The second-order valence-corrected chi connectivity index (χ2v) is 23.9. The molecule has 0 bridgehead atoms. The van der Waals surface area contributed by atoms with Gasteiger partial charge in [0.1, 0.15) is 42.3 Å². The standard InChI is InChI=1S/C47H71N7O10Si/c1-27(2)39-45(61)51-37(26-56)42(58)48-34(23-32-17-12-10-13-18-32)41(57)50-36(25-55)43(59)49-35(24-33-19-14-11-15-20-33)47(63)54-22-16-21-38(54)44(60)53-40(46(62)52-39)31(9)64-65(28(3)4,29(5)6)30(7)8/h10-15,17-20,27-31,34-40,55-56H,16,21-26H2,1-9H3,(H,48,58)(H,49,59)(H,50,57)(H,51,61)(H,52,62)(H,53,60)/t31-,34+,35-,36-,37-,38-,39+,40-/m0/s1. The molecule has 2 saturated heterocycles. The van der Waals surface area contributed by atoms with Crippen molar-refractivity contribution >= 4 is 49.7 Å². The number of carbonyl (C=O) groups is 7. The van der Waals surface area contributed by atoms with Gasteiger partial charge in [0, 0.05) is 19.4 Å². The highest BCUT2D eigenvalue weighted by Crippen LogP contribution is 2.43. The summed E-state index contributed by atoms with van der Waals surface area (Å²) in [5.41, 5.74) is 1.64. The van der Waals surface area contributed by atoms with E-state index in [1.54, 1.807) is 81.4 Å². The predicted octanol–water partition coefficient (Wildman–Crippen LogP) is 1.61. The van der Waals surface area contributed by atoms with Gasteiger partial charge in [0.2, 0.25) is 49.7 Å². The van der Waals surface area contributed by atoms with Gasteiger partial charge in [-0.1, -0.05) is 116 Å². The van der Waals surface area contributed by atoms with Crippen LogP contribution in [0.3, 0.4) is 0 Å². The van der Waals surface area contributed by atoms with Gasteiger partial charge in [0.25, 0.3) is 0 Å². The topological polar surface area (TPSA) is 245 Å². The summed E-state index contributed by atoms with van der Waals surface area (Å²) in [6.07, 6.45) is -0.318. The fourth-order valence-corrected chi connectivity index (χ4v) is 14.9. The molecule has 65 heavy (non-hydrogen) atoms. The average molecular weight is 922 g/mol. The van der Waals surface area contributed by atoms with Crippen molar-refractivity contribution in [3.05, 3.63) is 71.8 Å². The fraction of sp³-hybridized carbons (Fsp3) is 0.596. The average Bonchev–Trinajstić information content (AvgIpc) is 3.76. The molecular weight excluding hydrogens is 851 g/mol. The van der Waals surface area contributed by atoms with Gasteiger partial charge in [-0.3, -0.25) is 33.6 Å². The van der Waals surface area contributed by atoms with Crippen molar-refractivity contribution in [2.45, 2.75) is 153 Å². The molecular formula is C47H71N7O10Si. The first-order valence-electron chi connectivity index (χ1n) is 22.9. The zero-order chi connectivity index (χ0) is 48.2.